The minimum absolute atomic E-state index is 0.0811. The Hall–Kier alpha value is -2.31. The van der Waals surface area contributed by atoms with E-state index >= 15 is 0 Å². The second-order valence-corrected chi connectivity index (χ2v) is 3.61. The van der Waals surface area contributed by atoms with Crippen LogP contribution in [0.1, 0.15) is 5.56 Å². The molecular formula is C11H9F3N4. The zero-order chi connectivity index (χ0) is 13.3. The Balaban J connectivity index is 2.51. The molecule has 1 aromatic heterocycles. The van der Waals surface area contributed by atoms with Crippen LogP contribution in [0.4, 0.5) is 24.9 Å². The molecule has 4 N–H and O–H groups in total. The molecule has 0 radical (unpaired) electrons. The molecule has 0 bridgehead atoms. The molecule has 0 saturated heterocycles. The number of nitrogen functional groups attached to an aromatic ring is 2. The van der Waals surface area contributed by atoms with Crippen molar-refractivity contribution >= 4 is 11.8 Å². The highest BCUT2D eigenvalue weighted by Crippen LogP contribution is 2.31. The van der Waals surface area contributed by atoms with Crippen LogP contribution in [0, 0.1) is 0 Å². The summed E-state index contributed by atoms with van der Waals surface area (Å²) in [6.45, 7) is 0. The van der Waals surface area contributed by atoms with Crippen molar-refractivity contribution in [2.75, 3.05) is 11.5 Å². The standard InChI is InChI=1S/C11H9F3N4/c12-11(13,14)7-3-1-2-6(4-7)8-5-9(15)18-10(16)17-8/h1-5H,(H4,15,16,17,18). The van der Waals surface area contributed by atoms with E-state index in [4.69, 9.17) is 11.5 Å². The van der Waals surface area contributed by atoms with Gasteiger partial charge in [0, 0.05) is 11.6 Å². The lowest BCUT2D eigenvalue weighted by molar-refractivity contribution is -0.137. The first-order valence-corrected chi connectivity index (χ1v) is 4.94. The zero-order valence-corrected chi connectivity index (χ0v) is 9.07. The van der Waals surface area contributed by atoms with Crippen LogP contribution in [-0.4, -0.2) is 9.97 Å². The van der Waals surface area contributed by atoms with Gasteiger partial charge in [0.2, 0.25) is 5.95 Å². The average molecular weight is 254 g/mol. The Kier molecular flexibility index (Phi) is 2.82. The van der Waals surface area contributed by atoms with Crippen LogP contribution in [0.15, 0.2) is 30.3 Å². The van der Waals surface area contributed by atoms with Gasteiger partial charge in [-0.3, -0.25) is 0 Å². The third kappa shape index (κ3) is 2.50. The number of nitrogens with zero attached hydrogens (tertiary/aromatic N) is 2. The summed E-state index contributed by atoms with van der Waals surface area (Å²) in [5.74, 6) is 0.0253. The molecule has 94 valence electrons. The lowest BCUT2D eigenvalue weighted by Gasteiger charge is -2.08. The van der Waals surface area contributed by atoms with Crippen LogP contribution in [-0.2, 0) is 6.18 Å². The first-order chi connectivity index (χ1) is 8.36. The number of alkyl halides is 3. The predicted molar refractivity (Wildman–Crippen MR) is 61.3 cm³/mol. The van der Waals surface area contributed by atoms with Gasteiger partial charge in [-0.25, -0.2) is 4.98 Å². The first-order valence-electron chi connectivity index (χ1n) is 4.94. The van der Waals surface area contributed by atoms with Crippen LogP contribution >= 0.6 is 0 Å². The Morgan fingerprint density at radius 3 is 2.33 bits per heavy atom. The van der Waals surface area contributed by atoms with Crippen molar-refractivity contribution in [1.29, 1.82) is 0 Å². The molecule has 1 heterocycles. The minimum Gasteiger partial charge on any atom is -0.384 e. The van der Waals surface area contributed by atoms with Gasteiger partial charge in [0.25, 0.3) is 0 Å². The summed E-state index contributed by atoms with van der Waals surface area (Å²) in [5.41, 5.74) is 10.6. The molecule has 7 heteroatoms. The van der Waals surface area contributed by atoms with Gasteiger partial charge in [0.1, 0.15) is 5.82 Å². The quantitative estimate of drug-likeness (QED) is 0.818. The van der Waals surface area contributed by atoms with Gasteiger partial charge in [-0.2, -0.15) is 18.2 Å². The van der Waals surface area contributed by atoms with E-state index in [9.17, 15) is 13.2 Å². The third-order valence-corrected chi connectivity index (χ3v) is 2.25. The maximum absolute atomic E-state index is 12.6. The van der Waals surface area contributed by atoms with E-state index in [1.807, 2.05) is 0 Å². The Labute approximate surface area is 100 Å². The average Bonchev–Trinajstić information content (AvgIpc) is 2.27. The summed E-state index contributed by atoms with van der Waals surface area (Å²) < 4.78 is 37.7. The Bertz CT molecular complexity index is 560. The number of halogens is 3. The predicted octanol–water partition coefficient (Wildman–Crippen LogP) is 2.33. The van der Waals surface area contributed by atoms with Crippen molar-refractivity contribution in [2.45, 2.75) is 6.18 Å². The van der Waals surface area contributed by atoms with Crippen molar-refractivity contribution < 1.29 is 13.2 Å². The Morgan fingerprint density at radius 2 is 1.72 bits per heavy atom. The highest BCUT2D eigenvalue weighted by atomic mass is 19.4. The van der Waals surface area contributed by atoms with Crippen molar-refractivity contribution in [3.05, 3.63) is 35.9 Å². The van der Waals surface area contributed by atoms with Gasteiger partial charge in [0.05, 0.1) is 11.3 Å². The highest BCUT2D eigenvalue weighted by Gasteiger charge is 2.30. The fraction of sp³-hybridized carbons (Fsp3) is 0.0909. The SMILES string of the molecule is Nc1cc(-c2cccc(C(F)(F)F)c2)nc(N)n1. The molecular weight excluding hydrogens is 245 g/mol. The topological polar surface area (TPSA) is 77.8 Å². The summed E-state index contributed by atoms with van der Waals surface area (Å²) in [5, 5.41) is 0. The van der Waals surface area contributed by atoms with E-state index in [0.29, 0.717) is 0 Å². The number of hydrogen-bond donors (Lipinski definition) is 2. The molecule has 0 unspecified atom stereocenters. The molecule has 2 aromatic rings. The molecule has 0 atom stereocenters. The van der Waals surface area contributed by atoms with Crippen LogP contribution in [0.25, 0.3) is 11.3 Å². The lowest BCUT2D eigenvalue weighted by atomic mass is 10.1. The van der Waals surface area contributed by atoms with Gasteiger partial charge in [-0.1, -0.05) is 12.1 Å². The van der Waals surface area contributed by atoms with Crippen LogP contribution in [0.5, 0.6) is 0 Å². The Morgan fingerprint density at radius 1 is 1.00 bits per heavy atom. The van der Waals surface area contributed by atoms with Crippen LogP contribution in [0.2, 0.25) is 0 Å². The van der Waals surface area contributed by atoms with Crippen molar-refractivity contribution in [1.82, 2.24) is 9.97 Å². The number of anilines is 2. The molecule has 2 rings (SSSR count). The zero-order valence-electron chi connectivity index (χ0n) is 9.07. The van der Waals surface area contributed by atoms with E-state index in [1.54, 1.807) is 0 Å². The molecule has 0 spiro atoms. The summed E-state index contributed by atoms with van der Waals surface area (Å²) in [4.78, 5) is 7.50. The maximum Gasteiger partial charge on any atom is 0.416 e. The molecule has 0 aliphatic carbocycles. The van der Waals surface area contributed by atoms with E-state index < -0.39 is 11.7 Å². The van der Waals surface area contributed by atoms with E-state index in [0.717, 1.165) is 12.1 Å². The number of hydrogen-bond acceptors (Lipinski definition) is 4. The number of nitrogens with two attached hydrogens (primary N) is 2. The fourth-order valence-electron chi connectivity index (χ4n) is 1.49. The molecule has 4 nitrogen and oxygen atoms in total. The fourth-order valence-corrected chi connectivity index (χ4v) is 1.49. The van der Waals surface area contributed by atoms with E-state index in [1.165, 1.54) is 18.2 Å². The van der Waals surface area contributed by atoms with E-state index in [2.05, 4.69) is 9.97 Å². The van der Waals surface area contributed by atoms with Crippen LogP contribution < -0.4 is 11.5 Å². The van der Waals surface area contributed by atoms with Gasteiger partial charge >= 0.3 is 6.18 Å². The summed E-state index contributed by atoms with van der Waals surface area (Å²) in [6, 6.07) is 6.13. The molecule has 0 aliphatic heterocycles. The molecule has 0 fully saturated rings. The molecule has 0 saturated carbocycles. The van der Waals surface area contributed by atoms with Gasteiger partial charge in [-0.05, 0) is 12.1 Å². The molecule has 0 aliphatic rings. The van der Waals surface area contributed by atoms with E-state index in [-0.39, 0.29) is 23.0 Å². The third-order valence-electron chi connectivity index (χ3n) is 2.25. The van der Waals surface area contributed by atoms with Gasteiger partial charge < -0.3 is 11.5 Å². The number of aromatic nitrogens is 2. The second kappa shape index (κ2) is 4.17. The van der Waals surface area contributed by atoms with Crippen LogP contribution in [0.3, 0.4) is 0 Å². The minimum atomic E-state index is -4.40. The lowest BCUT2D eigenvalue weighted by Crippen LogP contribution is -2.05. The normalized spacial score (nSPS) is 11.5. The number of benzene rings is 1. The monoisotopic (exact) mass is 254 g/mol. The highest BCUT2D eigenvalue weighted by molar-refractivity contribution is 5.64. The number of rotatable bonds is 1. The smallest absolute Gasteiger partial charge is 0.384 e. The summed E-state index contributed by atoms with van der Waals surface area (Å²) in [6.07, 6.45) is -4.40. The maximum atomic E-state index is 12.6. The van der Waals surface area contributed by atoms with Gasteiger partial charge in [0.15, 0.2) is 0 Å². The summed E-state index contributed by atoms with van der Waals surface area (Å²) >= 11 is 0. The van der Waals surface area contributed by atoms with Crippen molar-refractivity contribution in [3.63, 3.8) is 0 Å². The summed E-state index contributed by atoms with van der Waals surface area (Å²) in [7, 11) is 0. The van der Waals surface area contributed by atoms with Crippen molar-refractivity contribution in [3.8, 4) is 11.3 Å². The second-order valence-electron chi connectivity index (χ2n) is 3.61. The molecule has 0 amide bonds. The first kappa shape index (κ1) is 12.2. The molecule has 1 aromatic carbocycles. The largest absolute Gasteiger partial charge is 0.416 e. The van der Waals surface area contributed by atoms with Crippen molar-refractivity contribution in [2.24, 2.45) is 0 Å². The molecule has 18 heavy (non-hydrogen) atoms. The van der Waals surface area contributed by atoms with Gasteiger partial charge in [-0.15, -0.1) is 0 Å².